The molecule has 18 heteroatoms. The Bertz CT molecular complexity index is 2530. The zero-order chi connectivity index (χ0) is 50.2. The van der Waals surface area contributed by atoms with Crippen molar-refractivity contribution in [3.8, 4) is 45.6 Å². The number of benzene rings is 4. The van der Waals surface area contributed by atoms with E-state index in [-0.39, 0.29) is 17.5 Å². The summed E-state index contributed by atoms with van der Waals surface area (Å²) >= 11 is 6.88. The monoisotopic (exact) mass is 1090 g/mol. The summed E-state index contributed by atoms with van der Waals surface area (Å²) in [6.45, 7) is 6.42. The highest BCUT2D eigenvalue weighted by Crippen LogP contribution is 2.41. The van der Waals surface area contributed by atoms with E-state index in [0.29, 0.717) is 33.2 Å². The van der Waals surface area contributed by atoms with E-state index in [9.17, 15) is 9.59 Å². The highest BCUT2D eigenvalue weighted by Gasteiger charge is 2.27. The van der Waals surface area contributed by atoms with E-state index in [0.717, 1.165) is 96.5 Å². The molecular weight excluding hydrogens is 1030 g/mol. The smallest absolute Gasteiger partial charge is 0.279 e. The molecule has 0 saturated carbocycles. The third-order valence-electron chi connectivity index (χ3n) is 11.5. The number of carbonyl (C=O) groups excluding carboxylic acids is 2. The lowest BCUT2D eigenvalue weighted by Crippen LogP contribution is -2.36. The molecule has 0 radical (unpaired) electrons. The maximum Gasteiger partial charge on any atom is 0.279 e. The van der Waals surface area contributed by atoms with Crippen molar-refractivity contribution < 1.29 is 61.2 Å². The molecule has 8 rings (SSSR count). The molecule has 2 saturated heterocycles. The van der Waals surface area contributed by atoms with Crippen molar-refractivity contribution in [2.75, 3.05) is 119 Å². The number of hydroxylamine groups is 2. The first-order valence-electron chi connectivity index (χ1n) is 22.2. The van der Waals surface area contributed by atoms with Crippen molar-refractivity contribution in [2.45, 2.75) is 12.2 Å². The van der Waals surface area contributed by atoms with Gasteiger partial charge in [-0.3, -0.25) is 14.4 Å². The van der Waals surface area contributed by atoms with E-state index in [2.05, 4.69) is 41.7 Å². The fourth-order valence-corrected chi connectivity index (χ4v) is 8.72. The van der Waals surface area contributed by atoms with Crippen molar-refractivity contribution >= 4 is 54.9 Å². The fraction of sp³-hybridized carbons (Fsp3) is 0.346. The van der Waals surface area contributed by atoms with Gasteiger partial charge in [-0.25, -0.2) is 5.06 Å². The molecule has 2 unspecified atom stereocenters. The Balaban J connectivity index is 0.000000186. The van der Waals surface area contributed by atoms with Crippen molar-refractivity contribution in [1.82, 2.24) is 5.06 Å². The average Bonchev–Trinajstić information content (AvgIpc) is 4.15. The number of ether oxygens (including phenoxy) is 8. The van der Waals surface area contributed by atoms with Crippen LogP contribution < -0.4 is 28.7 Å². The van der Waals surface area contributed by atoms with Crippen LogP contribution in [0.5, 0.6) is 23.0 Å². The fourth-order valence-electron chi connectivity index (χ4n) is 7.61. The van der Waals surface area contributed by atoms with Gasteiger partial charge in [-0.1, -0.05) is 24.3 Å². The van der Waals surface area contributed by atoms with Gasteiger partial charge < -0.3 is 56.5 Å². The number of ketones is 1. The SMILES string of the molecule is COC(C(=O)N(C)OC)c1ccc(N2CCOCC2)cc1.COc1cc(-c2ccc(C(=O)C(OC)c3ccc(N4CCOCC4)cc3)o2)cc(OC)c1Br.COc1cc(-c2ccco2)cc(OC)c1Br. The van der Waals surface area contributed by atoms with Gasteiger partial charge in [-0.15, -0.1) is 0 Å². The van der Waals surface area contributed by atoms with Crippen LogP contribution in [0.25, 0.3) is 22.6 Å². The number of carbonyl (C=O) groups is 2. The van der Waals surface area contributed by atoms with Gasteiger partial charge in [0.05, 0.1) is 68.2 Å². The number of halogens is 2. The van der Waals surface area contributed by atoms with Crippen LogP contribution in [0.4, 0.5) is 11.4 Å². The summed E-state index contributed by atoms with van der Waals surface area (Å²) in [5.74, 6) is 3.67. The molecule has 2 aromatic heterocycles. The summed E-state index contributed by atoms with van der Waals surface area (Å²) in [6, 6.07) is 30.3. The van der Waals surface area contributed by atoms with Crippen molar-refractivity contribution in [2.24, 2.45) is 0 Å². The zero-order valence-corrected chi connectivity index (χ0v) is 43.7. The standard InChI is InChI=1S/C25H26BrNO6.C15H22N2O4.C12H11BrO3/c1-29-21-14-17(15-22(30-2)23(21)26)19-8-9-20(33-19)24(28)25(31-3)16-4-6-18(7-5-16)27-10-12-32-13-11-27;1-16(20-3)15(18)14(19-2)12-4-6-13(7-5-12)17-8-10-21-11-9-17;1-14-10-6-8(9-4-3-5-16-9)7-11(15-2)12(10)13/h4-9,14-15,25H,10-13H2,1-3H3;4-7,14H,8-11H2,1-3H3;3-7H,1-2H3. The minimum absolute atomic E-state index is 0.218. The molecule has 2 fully saturated rings. The molecule has 70 heavy (non-hydrogen) atoms. The van der Waals surface area contributed by atoms with Crippen LogP contribution in [0.15, 0.2) is 121 Å². The van der Waals surface area contributed by atoms with Crippen LogP contribution >= 0.6 is 31.9 Å². The van der Waals surface area contributed by atoms with Gasteiger partial charge in [-0.2, -0.15) is 0 Å². The minimum Gasteiger partial charge on any atom is -0.495 e. The van der Waals surface area contributed by atoms with Gasteiger partial charge in [0.15, 0.2) is 11.9 Å². The second-order valence-electron chi connectivity index (χ2n) is 15.5. The van der Waals surface area contributed by atoms with E-state index in [1.807, 2.05) is 84.9 Å². The lowest BCUT2D eigenvalue weighted by molar-refractivity contribution is -0.179. The topological polar surface area (TPSA) is 153 Å². The summed E-state index contributed by atoms with van der Waals surface area (Å²) < 4.78 is 55.7. The Labute approximate surface area is 425 Å². The molecule has 2 aliphatic heterocycles. The maximum absolute atomic E-state index is 13.2. The first-order valence-corrected chi connectivity index (χ1v) is 23.8. The van der Waals surface area contributed by atoms with Crippen LogP contribution in [0, 0.1) is 0 Å². The Morgan fingerprint density at radius 2 is 1.00 bits per heavy atom. The van der Waals surface area contributed by atoms with Gasteiger partial charge in [0.25, 0.3) is 5.91 Å². The number of rotatable bonds is 16. The highest BCUT2D eigenvalue weighted by molar-refractivity contribution is 9.11. The molecule has 6 aromatic rings. The Kier molecular flexibility index (Phi) is 20.2. The molecule has 16 nitrogen and oxygen atoms in total. The molecule has 0 bridgehead atoms. The molecule has 2 aliphatic rings. The number of amides is 1. The van der Waals surface area contributed by atoms with Crippen LogP contribution in [0.2, 0.25) is 0 Å². The highest BCUT2D eigenvalue weighted by atomic mass is 79.9. The predicted octanol–water partition coefficient (Wildman–Crippen LogP) is 10.1. The number of methoxy groups -OCH3 is 6. The minimum atomic E-state index is -0.767. The van der Waals surface area contributed by atoms with Crippen molar-refractivity contribution in [3.05, 3.63) is 129 Å². The third kappa shape index (κ3) is 13.3. The first-order chi connectivity index (χ1) is 34.0. The molecule has 4 aromatic carbocycles. The van der Waals surface area contributed by atoms with Gasteiger partial charge in [-0.05, 0) is 116 Å². The second kappa shape index (κ2) is 26.4. The summed E-state index contributed by atoms with van der Waals surface area (Å²) in [5, 5.41) is 1.17. The number of nitrogens with zero attached hydrogens (tertiary/aromatic N) is 3. The number of hydrogen-bond donors (Lipinski definition) is 0. The molecule has 0 spiro atoms. The van der Waals surface area contributed by atoms with Crippen LogP contribution in [-0.4, -0.2) is 126 Å². The van der Waals surface area contributed by atoms with Gasteiger partial charge in [0.1, 0.15) is 49.6 Å². The Morgan fingerprint density at radius 1 is 0.571 bits per heavy atom. The number of anilines is 2. The largest absolute Gasteiger partial charge is 0.495 e. The lowest BCUT2D eigenvalue weighted by atomic mass is 10.0. The van der Waals surface area contributed by atoms with Crippen molar-refractivity contribution in [1.29, 1.82) is 0 Å². The Hall–Kier alpha value is -5.86. The van der Waals surface area contributed by atoms with E-state index < -0.39 is 12.2 Å². The van der Waals surface area contributed by atoms with Gasteiger partial charge in [0.2, 0.25) is 5.78 Å². The number of likely N-dealkylation sites (N-methyl/N-ethyl adjacent to an activating group) is 1. The third-order valence-corrected chi connectivity index (χ3v) is 13.1. The van der Waals surface area contributed by atoms with E-state index in [4.69, 9.17) is 51.6 Å². The summed E-state index contributed by atoms with van der Waals surface area (Å²) in [7, 11) is 12.4. The molecule has 2 atom stereocenters. The molecular formula is C52H59Br2N3O13. The van der Waals surface area contributed by atoms with Crippen LogP contribution in [-0.2, 0) is 28.6 Å². The zero-order valence-electron chi connectivity index (χ0n) is 40.5. The number of Topliss-reactive ketones (excluding diaryl/α,β-unsaturated/α-hetero) is 1. The molecule has 374 valence electrons. The molecule has 4 heterocycles. The molecule has 1 amide bonds. The summed E-state index contributed by atoms with van der Waals surface area (Å²) in [4.78, 5) is 34.8. The van der Waals surface area contributed by atoms with E-state index >= 15 is 0 Å². The van der Waals surface area contributed by atoms with Crippen LogP contribution in [0.1, 0.15) is 33.9 Å². The van der Waals surface area contributed by atoms with Gasteiger partial charge in [0, 0.05) is 69.9 Å². The number of hydrogen-bond acceptors (Lipinski definition) is 15. The van der Waals surface area contributed by atoms with Crippen molar-refractivity contribution in [3.63, 3.8) is 0 Å². The molecule has 0 aliphatic carbocycles. The predicted molar refractivity (Wildman–Crippen MR) is 272 cm³/mol. The second-order valence-corrected chi connectivity index (χ2v) is 17.1. The normalized spacial score (nSPS) is 14.3. The van der Waals surface area contributed by atoms with E-state index in [1.54, 1.807) is 53.9 Å². The summed E-state index contributed by atoms with van der Waals surface area (Å²) in [5.41, 5.74) is 5.46. The molecule has 0 N–H and O–H groups in total. The quantitative estimate of drug-likeness (QED) is 0.0667. The lowest BCUT2D eigenvalue weighted by Gasteiger charge is -2.29. The number of furan rings is 2. The Morgan fingerprint density at radius 3 is 1.39 bits per heavy atom. The number of morpholine rings is 2. The average molecular weight is 1090 g/mol. The summed E-state index contributed by atoms with van der Waals surface area (Å²) in [6.07, 6.45) is 0.210. The van der Waals surface area contributed by atoms with Gasteiger partial charge >= 0.3 is 0 Å². The first kappa shape index (κ1) is 53.5. The van der Waals surface area contributed by atoms with E-state index in [1.165, 1.54) is 26.4 Å². The van der Waals surface area contributed by atoms with Crippen LogP contribution in [0.3, 0.4) is 0 Å². The maximum atomic E-state index is 13.2.